The largest absolute Gasteiger partial charge is 0.306 e. The van der Waals surface area contributed by atoms with Crippen LogP contribution in [0.1, 0.15) is 23.4 Å². The molecule has 0 saturated carbocycles. The van der Waals surface area contributed by atoms with Gasteiger partial charge in [0, 0.05) is 13.8 Å². The molecule has 1 unspecified atom stereocenters. The Morgan fingerprint density at radius 3 is 2.47 bits per heavy atom. The lowest BCUT2D eigenvalue weighted by atomic mass is 10.1. The molecule has 1 atom stereocenters. The van der Waals surface area contributed by atoms with E-state index < -0.39 is 0 Å². The van der Waals surface area contributed by atoms with Crippen LogP contribution in [0.4, 0.5) is 0 Å². The van der Waals surface area contributed by atoms with Crippen molar-refractivity contribution >= 4 is 70.7 Å². The lowest BCUT2D eigenvalue weighted by Crippen LogP contribution is -2.21. The molecule has 0 radical (unpaired) electrons. The maximum atomic E-state index is 6.06. The Labute approximate surface area is 147 Å². The number of benzene rings is 1. The van der Waals surface area contributed by atoms with Crippen LogP contribution >= 0.6 is 70.7 Å². The third kappa shape index (κ3) is 3.83. The Kier molecular flexibility index (Phi) is 5.93. The van der Waals surface area contributed by atoms with Gasteiger partial charge in [-0.15, -0.1) is 11.3 Å². The molecule has 0 fully saturated rings. The zero-order valence-corrected chi connectivity index (χ0v) is 16.3. The number of hydrogen-bond donors (Lipinski definition) is 1. The van der Waals surface area contributed by atoms with Gasteiger partial charge in [-0.05, 0) is 78.1 Å². The van der Waals surface area contributed by atoms with E-state index >= 15 is 0 Å². The fraction of sp³-hybridized carbons (Fsp3) is 0.231. The molecule has 1 aromatic heterocycles. The Bertz CT molecular complexity index is 566. The second-order valence-electron chi connectivity index (χ2n) is 3.93. The summed E-state index contributed by atoms with van der Waals surface area (Å²) >= 11 is 18.4. The summed E-state index contributed by atoms with van der Waals surface area (Å²) in [4.78, 5) is 1.26. The van der Waals surface area contributed by atoms with Crippen LogP contribution in [0.2, 0.25) is 5.02 Å². The summed E-state index contributed by atoms with van der Waals surface area (Å²) in [5.41, 5.74) is 1.19. The summed E-state index contributed by atoms with van der Waals surface area (Å²) in [5, 5.41) is 4.24. The maximum absolute atomic E-state index is 6.06. The molecule has 1 nitrogen and oxygen atoms in total. The van der Waals surface area contributed by atoms with Gasteiger partial charge in [-0.25, -0.2) is 0 Å². The average Bonchev–Trinajstić information content (AvgIpc) is 2.70. The molecule has 6 heteroatoms. The van der Waals surface area contributed by atoms with Crippen LogP contribution in [0, 0.1) is 0 Å². The summed E-state index contributed by atoms with van der Waals surface area (Å²) in [6, 6.07) is 8.36. The van der Waals surface area contributed by atoms with Crippen LogP contribution in [-0.2, 0) is 0 Å². The summed E-state index contributed by atoms with van der Waals surface area (Å²) in [6.07, 6.45) is 0. The molecule has 0 spiro atoms. The molecule has 0 aliphatic rings. The normalized spacial score (nSPS) is 12.7. The van der Waals surface area contributed by atoms with Gasteiger partial charge in [0.15, 0.2) is 0 Å². The minimum atomic E-state index is 0.172. The zero-order valence-electron chi connectivity index (χ0n) is 10.0. The minimum absolute atomic E-state index is 0.172. The van der Waals surface area contributed by atoms with Gasteiger partial charge in [0.05, 0.1) is 14.9 Å². The first kappa shape index (κ1) is 16.0. The molecule has 0 saturated heterocycles. The number of halogens is 4. The summed E-state index contributed by atoms with van der Waals surface area (Å²) in [6.45, 7) is 3.01. The monoisotopic (exact) mass is 485 g/mol. The SMILES string of the molecule is CCNC(c1ccc(Cl)c(Br)c1)c1cc(Br)c(Br)s1. The molecule has 102 valence electrons. The molecule has 0 amide bonds. The Hall–Kier alpha value is 0.610. The van der Waals surface area contributed by atoms with E-state index in [0.29, 0.717) is 0 Å². The lowest BCUT2D eigenvalue weighted by molar-refractivity contribution is 0.639. The van der Waals surface area contributed by atoms with Crippen molar-refractivity contribution < 1.29 is 0 Å². The van der Waals surface area contributed by atoms with E-state index in [4.69, 9.17) is 11.6 Å². The van der Waals surface area contributed by atoms with Gasteiger partial charge in [-0.1, -0.05) is 24.6 Å². The third-order valence-electron chi connectivity index (χ3n) is 2.63. The van der Waals surface area contributed by atoms with Gasteiger partial charge in [0.1, 0.15) is 0 Å². The van der Waals surface area contributed by atoms with E-state index in [1.54, 1.807) is 11.3 Å². The molecule has 2 rings (SSSR count). The topological polar surface area (TPSA) is 12.0 Å². The van der Waals surface area contributed by atoms with Crippen molar-refractivity contribution in [3.05, 3.63) is 52.5 Å². The second-order valence-corrected chi connectivity index (χ2v) is 8.45. The highest BCUT2D eigenvalue weighted by molar-refractivity contribution is 9.13. The predicted octanol–water partition coefficient (Wildman–Crippen LogP) is 6.39. The number of hydrogen-bond acceptors (Lipinski definition) is 2. The highest BCUT2D eigenvalue weighted by atomic mass is 79.9. The van der Waals surface area contributed by atoms with E-state index in [2.05, 4.69) is 78.2 Å². The van der Waals surface area contributed by atoms with Gasteiger partial charge in [0.2, 0.25) is 0 Å². The van der Waals surface area contributed by atoms with E-state index in [1.165, 1.54) is 10.4 Å². The van der Waals surface area contributed by atoms with E-state index in [0.717, 1.165) is 24.3 Å². The van der Waals surface area contributed by atoms with Crippen LogP contribution in [0.15, 0.2) is 37.0 Å². The quantitative estimate of drug-likeness (QED) is 0.526. The highest BCUT2D eigenvalue weighted by Crippen LogP contribution is 2.38. The Morgan fingerprint density at radius 2 is 1.95 bits per heavy atom. The number of nitrogens with one attached hydrogen (secondary N) is 1. The summed E-state index contributed by atoms with van der Waals surface area (Å²) in [7, 11) is 0. The first-order valence-electron chi connectivity index (χ1n) is 5.66. The lowest BCUT2D eigenvalue weighted by Gasteiger charge is -2.17. The van der Waals surface area contributed by atoms with Crippen LogP contribution in [0.5, 0.6) is 0 Å². The standard InChI is InChI=1S/C13H11Br3ClNS/c1-2-18-12(11-6-9(15)13(16)19-11)7-3-4-10(17)8(14)5-7/h3-6,12,18H,2H2,1H3. The molecule has 1 N–H and O–H groups in total. The van der Waals surface area contributed by atoms with Crippen LogP contribution in [-0.4, -0.2) is 6.54 Å². The van der Waals surface area contributed by atoms with Crippen LogP contribution < -0.4 is 5.32 Å². The van der Waals surface area contributed by atoms with Gasteiger partial charge >= 0.3 is 0 Å². The fourth-order valence-corrected chi connectivity index (χ4v) is 4.49. The van der Waals surface area contributed by atoms with Crippen molar-refractivity contribution in [1.82, 2.24) is 5.32 Å². The molecule has 1 heterocycles. The zero-order chi connectivity index (χ0) is 14.0. The van der Waals surface area contributed by atoms with Crippen molar-refractivity contribution in [2.75, 3.05) is 6.54 Å². The first-order valence-corrected chi connectivity index (χ1v) is 9.23. The van der Waals surface area contributed by atoms with E-state index in [1.807, 2.05) is 6.07 Å². The molecule has 19 heavy (non-hydrogen) atoms. The van der Waals surface area contributed by atoms with Crippen molar-refractivity contribution in [2.24, 2.45) is 0 Å². The van der Waals surface area contributed by atoms with E-state index in [9.17, 15) is 0 Å². The molecule has 1 aromatic carbocycles. The number of rotatable bonds is 4. The minimum Gasteiger partial charge on any atom is -0.306 e. The van der Waals surface area contributed by atoms with Crippen molar-refractivity contribution in [3.8, 4) is 0 Å². The molecular formula is C13H11Br3ClNS. The van der Waals surface area contributed by atoms with Crippen LogP contribution in [0.3, 0.4) is 0 Å². The van der Waals surface area contributed by atoms with E-state index in [-0.39, 0.29) is 6.04 Å². The summed E-state index contributed by atoms with van der Waals surface area (Å²) < 4.78 is 3.12. The molecule has 2 aromatic rings. The molecule has 0 aliphatic heterocycles. The summed E-state index contributed by atoms with van der Waals surface area (Å²) in [5.74, 6) is 0. The number of thiophene rings is 1. The third-order valence-corrected chi connectivity index (χ3v) is 7.17. The fourth-order valence-electron chi connectivity index (χ4n) is 1.78. The van der Waals surface area contributed by atoms with Crippen LogP contribution in [0.25, 0.3) is 0 Å². The second kappa shape index (κ2) is 7.05. The molecule has 0 bridgehead atoms. The van der Waals surface area contributed by atoms with Gasteiger partial charge in [-0.2, -0.15) is 0 Å². The van der Waals surface area contributed by atoms with Gasteiger partial charge < -0.3 is 5.32 Å². The van der Waals surface area contributed by atoms with Gasteiger partial charge in [0.25, 0.3) is 0 Å². The molecular weight excluding hydrogens is 477 g/mol. The smallest absolute Gasteiger partial charge is 0.0843 e. The average molecular weight is 488 g/mol. The Morgan fingerprint density at radius 1 is 1.21 bits per heavy atom. The Balaban J connectivity index is 2.41. The first-order chi connectivity index (χ1) is 9.02. The van der Waals surface area contributed by atoms with Gasteiger partial charge in [-0.3, -0.25) is 0 Å². The predicted molar refractivity (Wildman–Crippen MR) is 94.4 cm³/mol. The van der Waals surface area contributed by atoms with Crippen molar-refractivity contribution in [1.29, 1.82) is 0 Å². The molecule has 0 aliphatic carbocycles. The van der Waals surface area contributed by atoms with Crippen molar-refractivity contribution in [3.63, 3.8) is 0 Å². The maximum Gasteiger partial charge on any atom is 0.0843 e. The van der Waals surface area contributed by atoms with Crippen molar-refractivity contribution in [2.45, 2.75) is 13.0 Å². The highest BCUT2D eigenvalue weighted by Gasteiger charge is 2.17.